The maximum absolute atomic E-state index is 5.07. The Labute approximate surface area is 302 Å². The molecular formula is C40H24Br4N2. The summed E-state index contributed by atoms with van der Waals surface area (Å²) >= 11 is 14.2. The van der Waals surface area contributed by atoms with Crippen molar-refractivity contribution < 1.29 is 0 Å². The molecule has 0 aliphatic rings. The molecule has 2 nitrogen and oxygen atoms in total. The van der Waals surface area contributed by atoms with Crippen molar-refractivity contribution in [3.8, 4) is 67.3 Å². The van der Waals surface area contributed by atoms with Crippen LogP contribution in [0.25, 0.3) is 67.3 Å². The van der Waals surface area contributed by atoms with Gasteiger partial charge in [-0.2, -0.15) is 0 Å². The third-order valence-electron chi connectivity index (χ3n) is 7.76. The van der Waals surface area contributed by atoms with Gasteiger partial charge in [-0.05, 0) is 95.1 Å². The Balaban J connectivity index is 1.30. The van der Waals surface area contributed by atoms with Gasteiger partial charge in [0.2, 0.25) is 0 Å². The van der Waals surface area contributed by atoms with E-state index in [0.29, 0.717) is 0 Å². The fourth-order valence-corrected chi connectivity index (χ4v) is 6.38. The second-order valence-electron chi connectivity index (χ2n) is 10.9. The van der Waals surface area contributed by atoms with Crippen LogP contribution in [0.5, 0.6) is 0 Å². The lowest BCUT2D eigenvalue weighted by molar-refractivity contribution is 1.32. The van der Waals surface area contributed by atoms with Gasteiger partial charge in [0.15, 0.2) is 0 Å². The maximum atomic E-state index is 5.07. The van der Waals surface area contributed by atoms with Crippen molar-refractivity contribution in [3.05, 3.63) is 163 Å². The third-order valence-corrected chi connectivity index (χ3v) is 9.88. The van der Waals surface area contributed by atoms with E-state index in [-0.39, 0.29) is 0 Å². The number of pyridine rings is 2. The van der Waals surface area contributed by atoms with E-state index in [4.69, 9.17) is 9.97 Å². The van der Waals surface area contributed by atoms with Gasteiger partial charge in [0.05, 0.1) is 22.8 Å². The van der Waals surface area contributed by atoms with Gasteiger partial charge in [-0.3, -0.25) is 0 Å². The van der Waals surface area contributed by atoms with Gasteiger partial charge in [0.1, 0.15) is 0 Å². The summed E-state index contributed by atoms with van der Waals surface area (Å²) in [6.07, 6.45) is 0. The molecule has 0 aliphatic carbocycles. The first kappa shape index (κ1) is 30.9. The summed E-state index contributed by atoms with van der Waals surface area (Å²) in [6.45, 7) is 0. The Morgan fingerprint density at radius 3 is 0.652 bits per heavy atom. The normalized spacial score (nSPS) is 11.0. The van der Waals surface area contributed by atoms with Crippen molar-refractivity contribution in [2.45, 2.75) is 0 Å². The Morgan fingerprint density at radius 1 is 0.239 bits per heavy atom. The minimum Gasteiger partial charge on any atom is -0.248 e. The molecule has 0 amide bonds. The number of rotatable bonds is 6. The molecule has 0 radical (unpaired) electrons. The Kier molecular flexibility index (Phi) is 9.14. The number of benzene rings is 5. The fourth-order valence-electron chi connectivity index (χ4n) is 5.32. The number of aromatic nitrogens is 2. The fraction of sp³-hybridized carbons (Fsp3) is 0. The minimum absolute atomic E-state index is 0.930. The summed E-state index contributed by atoms with van der Waals surface area (Å²) in [5.41, 5.74) is 12.5. The number of hydrogen-bond acceptors (Lipinski definition) is 2. The van der Waals surface area contributed by atoms with Gasteiger partial charge in [0.25, 0.3) is 0 Å². The monoisotopic (exact) mass is 848 g/mol. The Hall–Kier alpha value is -3.68. The first-order chi connectivity index (χ1) is 22.4. The summed E-state index contributed by atoms with van der Waals surface area (Å²) in [4.78, 5) is 10.1. The van der Waals surface area contributed by atoms with E-state index in [2.05, 4.69) is 209 Å². The van der Waals surface area contributed by atoms with Crippen molar-refractivity contribution in [1.82, 2.24) is 9.97 Å². The standard InChI is InChI=1S/C40H24Br4N2/c41-33-13-5-27(6-14-33)37-21-31(22-38(45-37)28-7-15-34(42)16-8-28)25-1-2-26(4-3-25)32-23-39(29-9-17-35(43)18-10-29)46-40(24-32)30-11-19-36(44)20-12-30/h1-24H. The number of nitrogens with zero attached hydrogens (tertiary/aromatic N) is 2. The van der Waals surface area contributed by atoms with Crippen LogP contribution in [0.4, 0.5) is 0 Å². The average Bonchev–Trinajstić information content (AvgIpc) is 3.09. The molecule has 5 aromatic carbocycles. The van der Waals surface area contributed by atoms with Crippen LogP contribution in [0.15, 0.2) is 163 Å². The first-order valence-electron chi connectivity index (χ1n) is 14.6. The molecular weight excluding hydrogens is 828 g/mol. The summed E-state index contributed by atoms with van der Waals surface area (Å²) in [6, 6.07) is 50.7. The predicted octanol–water partition coefficient (Wildman–Crippen LogP) is 13.5. The van der Waals surface area contributed by atoms with Gasteiger partial charge < -0.3 is 0 Å². The van der Waals surface area contributed by atoms with E-state index in [1.54, 1.807) is 0 Å². The molecule has 0 N–H and O–H groups in total. The van der Waals surface area contributed by atoms with Crippen molar-refractivity contribution in [3.63, 3.8) is 0 Å². The van der Waals surface area contributed by atoms with Crippen molar-refractivity contribution in [2.75, 3.05) is 0 Å². The summed E-state index contributed by atoms with van der Waals surface area (Å²) < 4.78 is 4.16. The Bertz CT molecular complexity index is 1860. The Morgan fingerprint density at radius 2 is 0.435 bits per heavy atom. The van der Waals surface area contributed by atoms with Crippen molar-refractivity contribution in [1.29, 1.82) is 0 Å². The second-order valence-corrected chi connectivity index (χ2v) is 14.5. The largest absolute Gasteiger partial charge is 0.248 e. The molecule has 2 aromatic heterocycles. The predicted molar refractivity (Wildman–Crippen MR) is 205 cm³/mol. The lowest BCUT2D eigenvalue weighted by Crippen LogP contribution is -1.92. The van der Waals surface area contributed by atoms with E-state index in [0.717, 1.165) is 85.2 Å². The van der Waals surface area contributed by atoms with Gasteiger partial charge in [-0.1, -0.05) is 137 Å². The molecule has 0 saturated heterocycles. The zero-order valence-electron chi connectivity index (χ0n) is 24.3. The number of hydrogen-bond donors (Lipinski definition) is 0. The van der Waals surface area contributed by atoms with Crippen LogP contribution < -0.4 is 0 Å². The average molecular weight is 852 g/mol. The van der Waals surface area contributed by atoms with Crippen LogP contribution in [0, 0.1) is 0 Å². The van der Waals surface area contributed by atoms with Crippen LogP contribution in [-0.4, -0.2) is 9.97 Å². The highest BCUT2D eigenvalue weighted by molar-refractivity contribution is 9.11. The van der Waals surface area contributed by atoms with Gasteiger partial charge >= 0.3 is 0 Å². The van der Waals surface area contributed by atoms with E-state index in [1.807, 2.05) is 0 Å². The molecule has 0 fully saturated rings. The molecule has 46 heavy (non-hydrogen) atoms. The lowest BCUT2D eigenvalue weighted by Gasteiger charge is -2.13. The molecule has 7 aromatic rings. The van der Waals surface area contributed by atoms with Crippen LogP contribution >= 0.6 is 63.7 Å². The van der Waals surface area contributed by atoms with E-state index < -0.39 is 0 Å². The highest BCUT2D eigenvalue weighted by atomic mass is 79.9. The molecule has 222 valence electrons. The van der Waals surface area contributed by atoms with Gasteiger partial charge in [-0.15, -0.1) is 0 Å². The maximum Gasteiger partial charge on any atom is 0.0715 e. The van der Waals surface area contributed by atoms with Crippen LogP contribution in [0.1, 0.15) is 0 Å². The summed E-state index contributed by atoms with van der Waals surface area (Å²) in [7, 11) is 0. The van der Waals surface area contributed by atoms with Gasteiger partial charge in [-0.25, -0.2) is 9.97 Å². The highest BCUT2D eigenvalue weighted by Crippen LogP contribution is 2.35. The third kappa shape index (κ3) is 7.01. The zero-order chi connectivity index (χ0) is 31.6. The molecule has 0 aliphatic heterocycles. The molecule has 0 spiro atoms. The molecule has 0 saturated carbocycles. The highest BCUT2D eigenvalue weighted by Gasteiger charge is 2.12. The van der Waals surface area contributed by atoms with E-state index in [9.17, 15) is 0 Å². The SMILES string of the molecule is Brc1ccc(-c2cc(-c3ccc(-c4cc(-c5ccc(Br)cc5)nc(-c5ccc(Br)cc5)c4)cc3)cc(-c3ccc(Br)cc3)n2)cc1. The quantitative estimate of drug-likeness (QED) is 0.167. The van der Waals surface area contributed by atoms with Crippen molar-refractivity contribution >= 4 is 63.7 Å². The second kappa shape index (κ2) is 13.6. The topological polar surface area (TPSA) is 25.8 Å². The molecule has 0 unspecified atom stereocenters. The molecule has 2 heterocycles. The molecule has 0 atom stereocenters. The smallest absolute Gasteiger partial charge is 0.0715 e. The summed E-state index contributed by atoms with van der Waals surface area (Å²) in [5.74, 6) is 0. The van der Waals surface area contributed by atoms with Gasteiger partial charge in [0, 0.05) is 40.1 Å². The first-order valence-corrected chi connectivity index (χ1v) is 17.7. The molecule has 7 rings (SSSR count). The molecule has 0 bridgehead atoms. The zero-order valence-corrected chi connectivity index (χ0v) is 30.6. The molecule has 6 heteroatoms. The van der Waals surface area contributed by atoms with Crippen LogP contribution in [0.3, 0.4) is 0 Å². The van der Waals surface area contributed by atoms with E-state index >= 15 is 0 Å². The minimum atomic E-state index is 0.930. The number of halogens is 4. The van der Waals surface area contributed by atoms with E-state index in [1.165, 1.54) is 0 Å². The lowest BCUT2D eigenvalue weighted by atomic mass is 9.96. The van der Waals surface area contributed by atoms with Crippen LogP contribution in [-0.2, 0) is 0 Å². The van der Waals surface area contributed by atoms with Crippen LogP contribution in [0.2, 0.25) is 0 Å². The summed E-state index contributed by atoms with van der Waals surface area (Å²) in [5, 5.41) is 0. The van der Waals surface area contributed by atoms with Crippen molar-refractivity contribution in [2.24, 2.45) is 0 Å².